The number of fused-ring (bicyclic) bond motifs is 1. The van der Waals surface area contributed by atoms with Crippen molar-refractivity contribution in [2.75, 3.05) is 20.8 Å². The van der Waals surface area contributed by atoms with Gasteiger partial charge in [0.25, 0.3) is 5.91 Å². The fourth-order valence-corrected chi connectivity index (χ4v) is 4.66. The Morgan fingerprint density at radius 1 is 1.07 bits per heavy atom. The topological polar surface area (TPSA) is 38.8 Å². The van der Waals surface area contributed by atoms with E-state index in [1.807, 2.05) is 58.8 Å². The molecule has 0 radical (unpaired) electrons. The Hall–Kier alpha value is -2.50. The molecule has 3 aromatic rings. The van der Waals surface area contributed by atoms with Gasteiger partial charge in [0.05, 0.1) is 25.1 Å². The van der Waals surface area contributed by atoms with Crippen LogP contribution in [0.2, 0.25) is 5.02 Å². The van der Waals surface area contributed by atoms with Crippen molar-refractivity contribution in [2.24, 2.45) is 0 Å². The van der Waals surface area contributed by atoms with E-state index in [-0.39, 0.29) is 11.9 Å². The van der Waals surface area contributed by atoms with Crippen molar-refractivity contribution in [1.82, 2.24) is 4.90 Å². The highest BCUT2D eigenvalue weighted by Gasteiger charge is 2.35. The quantitative estimate of drug-likeness (QED) is 0.589. The van der Waals surface area contributed by atoms with Gasteiger partial charge in [-0.2, -0.15) is 0 Å². The lowest BCUT2D eigenvalue weighted by Crippen LogP contribution is -2.40. The largest absolute Gasteiger partial charge is 0.493 e. The summed E-state index contributed by atoms with van der Waals surface area (Å²) >= 11 is 8.01. The smallest absolute Gasteiger partial charge is 0.264 e. The predicted molar refractivity (Wildman–Crippen MR) is 112 cm³/mol. The molecule has 0 unspecified atom stereocenters. The molecule has 1 aliphatic heterocycles. The number of amides is 1. The van der Waals surface area contributed by atoms with Gasteiger partial charge in [0.15, 0.2) is 11.5 Å². The van der Waals surface area contributed by atoms with Crippen LogP contribution in [0.4, 0.5) is 0 Å². The predicted octanol–water partition coefficient (Wildman–Crippen LogP) is 5.21. The summed E-state index contributed by atoms with van der Waals surface area (Å²) in [5.41, 5.74) is 3.06. The van der Waals surface area contributed by atoms with Gasteiger partial charge in [-0.1, -0.05) is 35.9 Å². The van der Waals surface area contributed by atoms with E-state index in [1.54, 1.807) is 14.2 Å². The van der Waals surface area contributed by atoms with Crippen LogP contribution in [0.3, 0.4) is 0 Å². The van der Waals surface area contributed by atoms with E-state index in [9.17, 15) is 4.79 Å². The SMILES string of the molecule is COc1cc2c(cc1OC)[C@@H](c1ccccc1Cl)N(C(=O)c1cccs1)CC2. The third kappa shape index (κ3) is 3.25. The molecule has 1 atom stereocenters. The first kappa shape index (κ1) is 18.8. The molecule has 4 rings (SSSR count). The summed E-state index contributed by atoms with van der Waals surface area (Å²) in [4.78, 5) is 15.9. The number of halogens is 1. The first-order valence-corrected chi connectivity index (χ1v) is 10.2. The van der Waals surface area contributed by atoms with Crippen molar-refractivity contribution in [3.05, 3.63) is 80.5 Å². The minimum absolute atomic E-state index is 0.0142. The maximum Gasteiger partial charge on any atom is 0.264 e. The molecule has 1 amide bonds. The number of nitrogens with zero attached hydrogens (tertiary/aromatic N) is 1. The lowest BCUT2D eigenvalue weighted by Gasteiger charge is -2.38. The van der Waals surface area contributed by atoms with Crippen molar-refractivity contribution >= 4 is 28.8 Å². The van der Waals surface area contributed by atoms with Crippen LogP contribution in [0.5, 0.6) is 11.5 Å². The van der Waals surface area contributed by atoms with E-state index < -0.39 is 0 Å². The van der Waals surface area contributed by atoms with Crippen LogP contribution in [-0.2, 0) is 6.42 Å². The van der Waals surface area contributed by atoms with Gasteiger partial charge in [-0.25, -0.2) is 0 Å². The van der Waals surface area contributed by atoms with Gasteiger partial charge in [-0.05, 0) is 52.8 Å². The molecule has 6 heteroatoms. The highest BCUT2D eigenvalue weighted by atomic mass is 35.5. The zero-order valence-electron chi connectivity index (χ0n) is 15.6. The Bertz CT molecular complexity index is 1000. The van der Waals surface area contributed by atoms with Crippen LogP contribution in [0, 0.1) is 0 Å². The number of carbonyl (C=O) groups is 1. The van der Waals surface area contributed by atoms with Gasteiger partial charge >= 0.3 is 0 Å². The first-order chi connectivity index (χ1) is 13.6. The number of carbonyl (C=O) groups excluding carboxylic acids is 1. The molecule has 0 N–H and O–H groups in total. The van der Waals surface area contributed by atoms with E-state index in [0.717, 1.165) is 28.0 Å². The highest BCUT2D eigenvalue weighted by Crippen LogP contribution is 2.43. The third-order valence-electron chi connectivity index (χ3n) is 5.07. The van der Waals surface area contributed by atoms with E-state index in [2.05, 4.69) is 0 Å². The molecule has 1 aliphatic rings. The average molecular weight is 414 g/mol. The lowest BCUT2D eigenvalue weighted by atomic mass is 9.87. The number of thiophene rings is 1. The second-order valence-electron chi connectivity index (χ2n) is 6.56. The van der Waals surface area contributed by atoms with Gasteiger partial charge in [0, 0.05) is 11.6 Å². The molecule has 4 nitrogen and oxygen atoms in total. The fourth-order valence-electron chi connectivity index (χ4n) is 3.74. The molecule has 1 aromatic heterocycles. The summed E-state index contributed by atoms with van der Waals surface area (Å²) in [7, 11) is 3.25. The number of benzene rings is 2. The Morgan fingerprint density at radius 2 is 1.82 bits per heavy atom. The molecule has 2 aromatic carbocycles. The van der Waals surface area contributed by atoms with Gasteiger partial charge < -0.3 is 14.4 Å². The van der Waals surface area contributed by atoms with Crippen LogP contribution in [0.25, 0.3) is 0 Å². The molecule has 144 valence electrons. The summed E-state index contributed by atoms with van der Waals surface area (Å²) in [5.74, 6) is 1.35. The zero-order chi connectivity index (χ0) is 19.7. The van der Waals surface area contributed by atoms with E-state index in [0.29, 0.717) is 23.1 Å². The number of rotatable bonds is 4. The van der Waals surface area contributed by atoms with Crippen LogP contribution < -0.4 is 9.47 Å². The molecule has 2 heterocycles. The molecule has 0 aliphatic carbocycles. The summed E-state index contributed by atoms with van der Waals surface area (Å²) < 4.78 is 11.0. The second kappa shape index (κ2) is 7.86. The minimum Gasteiger partial charge on any atom is -0.493 e. The Morgan fingerprint density at radius 3 is 2.50 bits per heavy atom. The molecule has 0 saturated heterocycles. The van der Waals surface area contributed by atoms with Crippen molar-refractivity contribution in [1.29, 1.82) is 0 Å². The summed E-state index contributed by atoms with van der Waals surface area (Å²) in [6, 6.07) is 15.1. The Labute approximate surface area is 173 Å². The van der Waals surface area contributed by atoms with Gasteiger partial charge in [-0.3, -0.25) is 4.79 Å². The minimum atomic E-state index is -0.285. The Balaban J connectivity index is 1.89. The first-order valence-electron chi connectivity index (χ1n) is 8.97. The van der Waals surface area contributed by atoms with E-state index in [1.165, 1.54) is 11.3 Å². The van der Waals surface area contributed by atoms with E-state index >= 15 is 0 Å². The maximum absolute atomic E-state index is 13.3. The highest BCUT2D eigenvalue weighted by molar-refractivity contribution is 7.12. The maximum atomic E-state index is 13.3. The van der Waals surface area contributed by atoms with Crippen molar-refractivity contribution < 1.29 is 14.3 Å². The number of methoxy groups -OCH3 is 2. The molecule has 0 spiro atoms. The molecule has 0 bridgehead atoms. The van der Waals surface area contributed by atoms with Crippen molar-refractivity contribution in [3.63, 3.8) is 0 Å². The molecular weight excluding hydrogens is 394 g/mol. The van der Waals surface area contributed by atoms with Crippen molar-refractivity contribution in [3.8, 4) is 11.5 Å². The van der Waals surface area contributed by atoms with Crippen LogP contribution in [0.1, 0.15) is 32.4 Å². The number of hydrogen-bond donors (Lipinski definition) is 0. The van der Waals surface area contributed by atoms with Crippen LogP contribution in [0.15, 0.2) is 53.9 Å². The van der Waals surface area contributed by atoms with Gasteiger partial charge in [-0.15, -0.1) is 11.3 Å². The second-order valence-corrected chi connectivity index (χ2v) is 7.91. The summed E-state index contributed by atoms with van der Waals surface area (Å²) in [6.07, 6.45) is 0.744. The lowest BCUT2D eigenvalue weighted by molar-refractivity contribution is 0.0699. The van der Waals surface area contributed by atoms with E-state index in [4.69, 9.17) is 21.1 Å². The zero-order valence-corrected chi connectivity index (χ0v) is 17.2. The third-order valence-corrected chi connectivity index (χ3v) is 6.27. The molecule has 28 heavy (non-hydrogen) atoms. The standard InChI is InChI=1S/C22H20ClNO3S/c1-26-18-12-14-9-10-24(22(25)20-8-5-11-28-20)21(16(14)13-19(18)27-2)15-6-3-4-7-17(15)23/h3-8,11-13,21H,9-10H2,1-2H3/t21-/m1/s1. The van der Waals surface area contributed by atoms with Crippen LogP contribution >= 0.6 is 22.9 Å². The summed E-state index contributed by atoms with van der Waals surface area (Å²) in [5, 5.41) is 2.56. The van der Waals surface area contributed by atoms with Crippen LogP contribution in [-0.4, -0.2) is 31.6 Å². The average Bonchev–Trinajstić information content (AvgIpc) is 3.26. The molecular formula is C22H20ClNO3S. The number of ether oxygens (including phenoxy) is 2. The molecule has 0 saturated carbocycles. The monoisotopic (exact) mass is 413 g/mol. The van der Waals surface area contributed by atoms with Gasteiger partial charge in [0.1, 0.15) is 0 Å². The van der Waals surface area contributed by atoms with Crippen molar-refractivity contribution in [2.45, 2.75) is 12.5 Å². The van der Waals surface area contributed by atoms with Gasteiger partial charge in [0.2, 0.25) is 0 Å². The number of hydrogen-bond acceptors (Lipinski definition) is 4. The fraction of sp³-hybridized carbons (Fsp3) is 0.227. The molecule has 0 fully saturated rings. The Kier molecular flexibility index (Phi) is 5.29. The normalized spacial score (nSPS) is 15.8. The summed E-state index contributed by atoms with van der Waals surface area (Å²) in [6.45, 7) is 0.606.